The molecular formula is C32H23F5N4O4. The minimum Gasteiger partial charge on any atom is -0.368 e. The second kappa shape index (κ2) is 12.6. The molecule has 45 heavy (non-hydrogen) atoms. The van der Waals surface area contributed by atoms with E-state index in [0.717, 1.165) is 9.47 Å². The summed E-state index contributed by atoms with van der Waals surface area (Å²) >= 11 is 0. The maximum atomic E-state index is 14.7. The topological polar surface area (TPSA) is 107 Å². The quantitative estimate of drug-likeness (QED) is 0.109. The van der Waals surface area contributed by atoms with Crippen LogP contribution in [0.1, 0.15) is 27.0 Å². The number of imidazole rings is 1. The van der Waals surface area contributed by atoms with Crippen LogP contribution in [0.5, 0.6) is 0 Å². The fourth-order valence-corrected chi connectivity index (χ4v) is 5.01. The standard InChI is InChI=1S/C32H23F5N4O4/c33-25-21(26(34)28(36)29(37)27(25)35)15-40-22-13-7-12-20(31(44)19-10-5-2-6-11-19)30(22)41(32(40)45)17-24(43)39(16-23(38)42)14-18-8-3-1-4-9-18/h1-13H,14-17H2,(H2,38,42). The lowest BCUT2D eigenvalue weighted by Crippen LogP contribution is -2.41. The van der Waals surface area contributed by atoms with Crippen LogP contribution in [0.3, 0.4) is 0 Å². The molecule has 1 heterocycles. The SMILES string of the molecule is NC(=O)CN(Cc1ccccc1)C(=O)Cn1c(=O)n(Cc2c(F)c(F)c(F)c(F)c2F)c2cccc(C(=O)c3ccccc3)c21. The molecule has 0 unspecified atom stereocenters. The zero-order valence-corrected chi connectivity index (χ0v) is 23.3. The molecule has 4 aromatic carbocycles. The van der Waals surface area contributed by atoms with Crippen molar-refractivity contribution in [2.45, 2.75) is 19.6 Å². The average molecular weight is 623 g/mol. The lowest BCUT2D eigenvalue weighted by Gasteiger charge is -2.21. The first-order valence-corrected chi connectivity index (χ1v) is 13.4. The van der Waals surface area contributed by atoms with Crippen molar-refractivity contribution in [3.63, 3.8) is 0 Å². The Labute approximate surface area is 251 Å². The van der Waals surface area contributed by atoms with Gasteiger partial charge >= 0.3 is 5.69 Å². The van der Waals surface area contributed by atoms with Gasteiger partial charge in [0.25, 0.3) is 0 Å². The second-order valence-corrected chi connectivity index (χ2v) is 10.1. The van der Waals surface area contributed by atoms with Crippen LogP contribution in [0, 0.1) is 29.1 Å². The molecule has 0 radical (unpaired) electrons. The number of nitrogens with two attached hydrogens (primary N) is 1. The molecule has 0 aliphatic rings. The van der Waals surface area contributed by atoms with Gasteiger partial charge in [-0.1, -0.05) is 66.7 Å². The lowest BCUT2D eigenvalue weighted by molar-refractivity contribution is -0.136. The average Bonchev–Trinajstić information content (AvgIpc) is 3.30. The Bertz CT molecular complexity index is 1980. The van der Waals surface area contributed by atoms with Crippen molar-refractivity contribution < 1.29 is 36.3 Å². The summed E-state index contributed by atoms with van der Waals surface area (Å²) in [4.78, 5) is 54.0. The number of fused-ring (bicyclic) bond motifs is 1. The molecule has 0 aliphatic heterocycles. The summed E-state index contributed by atoms with van der Waals surface area (Å²) in [5, 5.41) is 0. The Morgan fingerprint density at radius 2 is 1.29 bits per heavy atom. The fourth-order valence-electron chi connectivity index (χ4n) is 5.01. The summed E-state index contributed by atoms with van der Waals surface area (Å²) in [5.41, 5.74) is 3.50. The molecule has 5 aromatic rings. The van der Waals surface area contributed by atoms with Gasteiger partial charge in [0.2, 0.25) is 17.6 Å². The maximum absolute atomic E-state index is 14.7. The van der Waals surface area contributed by atoms with E-state index >= 15 is 0 Å². The Balaban J connectivity index is 1.68. The number of carbonyl (C=O) groups excluding carboxylic acids is 3. The zero-order valence-electron chi connectivity index (χ0n) is 23.3. The number of amides is 2. The minimum absolute atomic E-state index is 0.0731. The van der Waals surface area contributed by atoms with Gasteiger partial charge in [0, 0.05) is 23.2 Å². The van der Waals surface area contributed by atoms with E-state index in [1.165, 1.54) is 30.3 Å². The number of para-hydroxylation sites is 1. The van der Waals surface area contributed by atoms with Crippen LogP contribution in [0.2, 0.25) is 0 Å². The maximum Gasteiger partial charge on any atom is 0.329 e. The predicted octanol–water partition coefficient (Wildman–Crippen LogP) is 4.29. The fraction of sp³-hybridized carbons (Fsp3) is 0.125. The summed E-state index contributed by atoms with van der Waals surface area (Å²) in [5.74, 6) is -13.2. The molecule has 5 rings (SSSR count). The van der Waals surface area contributed by atoms with Crippen LogP contribution in [0.25, 0.3) is 11.0 Å². The number of nitrogens with zero attached hydrogens (tertiary/aromatic N) is 3. The summed E-state index contributed by atoms with van der Waals surface area (Å²) < 4.78 is 72.8. The largest absolute Gasteiger partial charge is 0.368 e. The van der Waals surface area contributed by atoms with E-state index in [0.29, 0.717) is 10.1 Å². The molecule has 0 bridgehead atoms. The van der Waals surface area contributed by atoms with Crippen molar-refractivity contribution in [2.24, 2.45) is 5.73 Å². The predicted molar refractivity (Wildman–Crippen MR) is 152 cm³/mol. The van der Waals surface area contributed by atoms with Crippen LogP contribution in [-0.2, 0) is 29.2 Å². The van der Waals surface area contributed by atoms with Crippen molar-refractivity contribution in [3.8, 4) is 0 Å². The van der Waals surface area contributed by atoms with Gasteiger partial charge in [-0.3, -0.25) is 23.5 Å². The number of ketones is 1. The number of primary amides is 1. The van der Waals surface area contributed by atoms with E-state index in [1.54, 1.807) is 48.5 Å². The first-order valence-electron chi connectivity index (χ1n) is 13.4. The van der Waals surface area contributed by atoms with Crippen molar-refractivity contribution in [3.05, 3.63) is 141 Å². The zero-order chi connectivity index (χ0) is 32.4. The van der Waals surface area contributed by atoms with E-state index < -0.39 is 77.6 Å². The third kappa shape index (κ3) is 5.96. The molecule has 13 heteroatoms. The summed E-state index contributed by atoms with van der Waals surface area (Å²) in [6, 6.07) is 20.5. The monoisotopic (exact) mass is 622 g/mol. The number of rotatable bonds is 10. The van der Waals surface area contributed by atoms with Crippen LogP contribution >= 0.6 is 0 Å². The summed E-state index contributed by atoms with van der Waals surface area (Å²) in [6.07, 6.45) is 0. The van der Waals surface area contributed by atoms with Gasteiger partial charge in [-0.05, 0) is 17.7 Å². The van der Waals surface area contributed by atoms with E-state index in [-0.39, 0.29) is 28.7 Å². The number of aromatic nitrogens is 2. The minimum atomic E-state index is -2.36. The molecule has 0 spiro atoms. The van der Waals surface area contributed by atoms with Gasteiger partial charge in [0.05, 0.1) is 24.1 Å². The van der Waals surface area contributed by atoms with Crippen LogP contribution in [-0.4, -0.2) is 38.2 Å². The van der Waals surface area contributed by atoms with E-state index in [4.69, 9.17) is 5.73 Å². The Hall–Kier alpha value is -5.59. The van der Waals surface area contributed by atoms with E-state index in [2.05, 4.69) is 0 Å². The third-order valence-electron chi connectivity index (χ3n) is 7.14. The summed E-state index contributed by atoms with van der Waals surface area (Å²) in [6.45, 7) is -2.49. The van der Waals surface area contributed by atoms with Gasteiger partial charge in [-0.25, -0.2) is 26.7 Å². The molecule has 0 fully saturated rings. The van der Waals surface area contributed by atoms with Crippen molar-refractivity contribution in [1.82, 2.24) is 14.0 Å². The van der Waals surface area contributed by atoms with E-state index in [9.17, 15) is 41.1 Å². The highest BCUT2D eigenvalue weighted by Crippen LogP contribution is 2.27. The lowest BCUT2D eigenvalue weighted by atomic mass is 10.0. The molecule has 2 N–H and O–H groups in total. The molecule has 1 aromatic heterocycles. The third-order valence-corrected chi connectivity index (χ3v) is 7.14. The first kappa shape index (κ1) is 30.9. The van der Waals surface area contributed by atoms with Crippen LogP contribution in [0.4, 0.5) is 22.0 Å². The number of halogens is 5. The number of hydrogen-bond acceptors (Lipinski definition) is 4. The smallest absolute Gasteiger partial charge is 0.329 e. The number of hydrogen-bond donors (Lipinski definition) is 1. The van der Waals surface area contributed by atoms with Crippen molar-refractivity contribution in [2.75, 3.05) is 6.54 Å². The normalized spacial score (nSPS) is 11.1. The van der Waals surface area contributed by atoms with Crippen LogP contribution < -0.4 is 11.4 Å². The Morgan fingerprint density at radius 1 is 0.711 bits per heavy atom. The molecular weight excluding hydrogens is 599 g/mol. The van der Waals surface area contributed by atoms with Gasteiger partial charge < -0.3 is 10.6 Å². The Morgan fingerprint density at radius 3 is 1.89 bits per heavy atom. The van der Waals surface area contributed by atoms with Crippen molar-refractivity contribution in [1.29, 1.82) is 0 Å². The molecule has 0 saturated heterocycles. The highest BCUT2D eigenvalue weighted by Gasteiger charge is 2.29. The summed E-state index contributed by atoms with van der Waals surface area (Å²) in [7, 11) is 0. The molecule has 230 valence electrons. The molecule has 2 amide bonds. The molecule has 0 saturated carbocycles. The first-order chi connectivity index (χ1) is 21.5. The number of benzene rings is 4. The van der Waals surface area contributed by atoms with E-state index in [1.807, 2.05) is 0 Å². The molecule has 8 nitrogen and oxygen atoms in total. The van der Waals surface area contributed by atoms with Gasteiger partial charge in [0.15, 0.2) is 29.1 Å². The van der Waals surface area contributed by atoms with Gasteiger partial charge in [-0.15, -0.1) is 0 Å². The van der Waals surface area contributed by atoms with Gasteiger partial charge in [-0.2, -0.15) is 0 Å². The molecule has 0 atom stereocenters. The second-order valence-electron chi connectivity index (χ2n) is 10.1. The van der Waals surface area contributed by atoms with Crippen LogP contribution in [0.15, 0.2) is 83.7 Å². The van der Waals surface area contributed by atoms with Gasteiger partial charge in [0.1, 0.15) is 6.54 Å². The highest BCUT2D eigenvalue weighted by atomic mass is 19.2. The Kier molecular flexibility index (Phi) is 8.61. The highest BCUT2D eigenvalue weighted by molar-refractivity contribution is 6.15. The van der Waals surface area contributed by atoms with Crippen molar-refractivity contribution >= 4 is 28.6 Å². The molecule has 0 aliphatic carbocycles. The number of carbonyl (C=O) groups is 3.